The second kappa shape index (κ2) is 8.01. The van der Waals surface area contributed by atoms with E-state index in [0.717, 1.165) is 28.3 Å². The van der Waals surface area contributed by atoms with Gasteiger partial charge in [0.2, 0.25) is 0 Å². The number of Topliss-reactive ketones (excluding diaryl/α,β-unsaturated/α-hetero) is 1. The van der Waals surface area contributed by atoms with Crippen molar-refractivity contribution in [1.82, 2.24) is 19.3 Å². The van der Waals surface area contributed by atoms with Gasteiger partial charge in [-0.15, -0.1) is 0 Å². The Morgan fingerprint density at radius 1 is 1.23 bits per heavy atom. The molecule has 0 aliphatic rings. The van der Waals surface area contributed by atoms with E-state index >= 15 is 0 Å². The zero-order chi connectivity index (χ0) is 18.7. The number of hydrogen-bond donors (Lipinski definition) is 1. The van der Waals surface area contributed by atoms with Crippen LogP contribution in [0.1, 0.15) is 32.2 Å². The van der Waals surface area contributed by atoms with Gasteiger partial charge in [-0.25, -0.2) is 9.71 Å². The van der Waals surface area contributed by atoms with E-state index in [-0.39, 0.29) is 17.7 Å². The summed E-state index contributed by atoms with van der Waals surface area (Å²) in [5.74, 6) is 1.42. The molecule has 5 nitrogen and oxygen atoms in total. The van der Waals surface area contributed by atoms with Crippen LogP contribution in [0.3, 0.4) is 0 Å². The summed E-state index contributed by atoms with van der Waals surface area (Å²) in [4.78, 5) is 21.6. The summed E-state index contributed by atoms with van der Waals surface area (Å²) in [7, 11) is 0. The van der Waals surface area contributed by atoms with Gasteiger partial charge in [0.1, 0.15) is 11.6 Å². The van der Waals surface area contributed by atoms with E-state index in [2.05, 4.69) is 57.4 Å². The van der Waals surface area contributed by atoms with Gasteiger partial charge in [-0.3, -0.25) is 9.78 Å². The average Bonchev–Trinajstić information content (AvgIpc) is 2.91. The van der Waals surface area contributed by atoms with Crippen molar-refractivity contribution in [2.45, 2.75) is 45.2 Å². The molecule has 0 amide bonds. The van der Waals surface area contributed by atoms with E-state index in [4.69, 9.17) is 0 Å². The lowest BCUT2D eigenvalue weighted by atomic mass is 10.0. The van der Waals surface area contributed by atoms with Crippen molar-refractivity contribution in [1.29, 1.82) is 0 Å². The smallest absolute Gasteiger partial charge is 0.147 e. The van der Waals surface area contributed by atoms with Gasteiger partial charge in [-0.1, -0.05) is 26.0 Å². The fourth-order valence-corrected chi connectivity index (χ4v) is 3.93. The molecule has 1 atom stereocenters. The number of imidazole rings is 1. The largest absolute Gasteiger partial charge is 0.322 e. The highest BCUT2D eigenvalue weighted by atomic mass is 32.2. The Balaban J connectivity index is 1.70. The molecule has 1 aromatic carbocycles. The van der Waals surface area contributed by atoms with Crippen LogP contribution < -0.4 is 4.72 Å². The molecule has 0 saturated heterocycles. The lowest BCUT2D eigenvalue weighted by molar-refractivity contribution is -0.119. The first-order valence-corrected chi connectivity index (χ1v) is 9.56. The highest BCUT2D eigenvalue weighted by Gasteiger charge is 2.18. The van der Waals surface area contributed by atoms with Crippen molar-refractivity contribution in [3.05, 3.63) is 54.1 Å². The van der Waals surface area contributed by atoms with E-state index in [1.54, 1.807) is 13.1 Å². The van der Waals surface area contributed by atoms with E-state index in [1.807, 2.05) is 19.2 Å². The Labute approximate surface area is 158 Å². The summed E-state index contributed by atoms with van der Waals surface area (Å²) >= 11 is 1.51. The van der Waals surface area contributed by atoms with Gasteiger partial charge in [0.25, 0.3) is 0 Å². The number of nitrogens with zero attached hydrogens (tertiary/aromatic N) is 3. The molecule has 26 heavy (non-hydrogen) atoms. The molecular formula is C20H24N4OS. The predicted octanol–water partition coefficient (Wildman–Crippen LogP) is 4.00. The SMILES string of the molecule is CC(=O)C(NSc1ccc(Cn2c(C)nc3ccncc32)cc1)C(C)C. The molecule has 0 radical (unpaired) electrons. The maximum absolute atomic E-state index is 11.7. The quantitative estimate of drug-likeness (QED) is 0.639. The molecule has 0 aliphatic heterocycles. The minimum atomic E-state index is -0.132. The molecule has 1 N–H and O–H groups in total. The van der Waals surface area contributed by atoms with Crippen LogP contribution >= 0.6 is 11.9 Å². The van der Waals surface area contributed by atoms with Crippen LogP contribution in [0.15, 0.2) is 47.6 Å². The third kappa shape index (κ3) is 4.14. The van der Waals surface area contributed by atoms with E-state index in [1.165, 1.54) is 17.5 Å². The van der Waals surface area contributed by atoms with Crippen LogP contribution in [-0.2, 0) is 11.3 Å². The second-order valence-electron chi connectivity index (χ2n) is 6.81. The number of hydrogen-bond acceptors (Lipinski definition) is 5. The molecule has 0 saturated carbocycles. The number of nitrogens with one attached hydrogen (secondary N) is 1. The van der Waals surface area contributed by atoms with Gasteiger partial charge in [0.05, 0.1) is 23.3 Å². The third-order valence-electron chi connectivity index (χ3n) is 4.41. The molecular weight excluding hydrogens is 344 g/mol. The number of rotatable bonds is 7. The van der Waals surface area contributed by atoms with E-state index in [9.17, 15) is 4.79 Å². The molecule has 3 aromatic rings. The van der Waals surface area contributed by atoms with Crippen LogP contribution in [0.4, 0.5) is 0 Å². The zero-order valence-electron chi connectivity index (χ0n) is 15.6. The van der Waals surface area contributed by atoms with Crippen molar-refractivity contribution in [2.24, 2.45) is 5.92 Å². The number of aryl methyl sites for hydroxylation is 1. The number of fused-ring (bicyclic) bond motifs is 1. The lowest BCUT2D eigenvalue weighted by Crippen LogP contribution is -2.35. The number of pyridine rings is 1. The van der Waals surface area contributed by atoms with Gasteiger partial charge in [0.15, 0.2) is 0 Å². The summed E-state index contributed by atoms with van der Waals surface area (Å²) in [6.07, 6.45) is 3.63. The zero-order valence-corrected chi connectivity index (χ0v) is 16.4. The fraction of sp³-hybridized carbons (Fsp3) is 0.350. The summed E-state index contributed by atoms with van der Waals surface area (Å²) in [5.41, 5.74) is 3.22. The Kier molecular flexibility index (Phi) is 5.74. The van der Waals surface area contributed by atoms with Crippen molar-refractivity contribution >= 4 is 28.8 Å². The van der Waals surface area contributed by atoms with Gasteiger partial charge < -0.3 is 4.57 Å². The normalized spacial score (nSPS) is 12.7. The van der Waals surface area contributed by atoms with Crippen LogP contribution in [0, 0.1) is 12.8 Å². The van der Waals surface area contributed by atoms with Gasteiger partial charge >= 0.3 is 0 Å². The molecule has 0 spiro atoms. The van der Waals surface area contributed by atoms with Crippen LogP contribution in [0.25, 0.3) is 11.0 Å². The molecule has 0 fully saturated rings. The molecule has 136 valence electrons. The number of carbonyl (C=O) groups is 1. The van der Waals surface area contributed by atoms with Crippen LogP contribution in [0.5, 0.6) is 0 Å². The summed E-state index contributed by atoms with van der Waals surface area (Å²) in [5, 5.41) is 0. The maximum atomic E-state index is 11.7. The Hall–Kier alpha value is -2.18. The lowest BCUT2D eigenvalue weighted by Gasteiger charge is -2.18. The Bertz CT molecular complexity index is 902. The van der Waals surface area contributed by atoms with Crippen LogP contribution in [-0.4, -0.2) is 26.4 Å². The Morgan fingerprint density at radius 2 is 1.96 bits per heavy atom. The molecule has 2 aromatic heterocycles. The number of aromatic nitrogens is 3. The van der Waals surface area contributed by atoms with Gasteiger partial charge in [-0.2, -0.15) is 0 Å². The first-order chi connectivity index (χ1) is 12.5. The first kappa shape index (κ1) is 18.6. The van der Waals surface area contributed by atoms with Gasteiger partial charge in [-0.05, 0) is 55.5 Å². The van der Waals surface area contributed by atoms with Crippen molar-refractivity contribution in [3.8, 4) is 0 Å². The highest BCUT2D eigenvalue weighted by Crippen LogP contribution is 2.20. The van der Waals surface area contributed by atoms with E-state index in [0.29, 0.717) is 0 Å². The van der Waals surface area contributed by atoms with Crippen molar-refractivity contribution < 1.29 is 4.79 Å². The average molecular weight is 369 g/mol. The molecule has 0 aliphatic carbocycles. The topological polar surface area (TPSA) is 59.8 Å². The minimum Gasteiger partial charge on any atom is -0.322 e. The van der Waals surface area contributed by atoms with Gasteiger partial charge in [0, 0.05) is 17.6 Å². The van der Waals surface area contributed by atoms with E-state index < -0.39 is 0 Å². The number of benzene rings is 1. The second-order valence-corrected chi connectivity index (χ2v) is 7.72. The molecule has 3 rings (SSSR count). The Morgan fingerprint density at radius 3 is 2.62 bits per heavy atom. The fourth-order valence-electron chi connectivity index (χ4n) is 2.96. The summed E-state index contributed by atoms with van der Waals surface area (Å²) in [6.45, 7) is 8.51. The minimum absolute atomic E-state index is 0.132. The van der Waals surface area contributed by atoms with Crippen molar-refractivity contribution in [3.63, 3.8) is 0 Å². The number of carbonyl (C=O) groups excluding carboxylic acids is 1. The third-order valence-corrected chi connectivity index (χ3v) is 5.29. The predicted molar refractivity (Wildman–Crippen MR) is 106 cm³/mol. The highest BCUT2D eigenvalue weighted by molar-refractivity contribution is 7.97. The standard InChI is InChI=1S/C20H24N4OS/c1-13(2)20(14(3)25)23-26-17-7-5-16(6-8-17)12-24-15(4)22-18-9-10-21-11-19(18)24/h5-11,13,20,23H,12H2,1-4H3. The monoisotopic (exact) mass is 368 g/mol. The summed E-state index contributed by atoms with van der Waals surface area (Å²) < 4.78 is 5.45. The molecule has 0 bridgehead atoms. The first-order valence-electron chi connectivity index (χ1n) is 8.74. The summed E-state index contributed by atoms with van der Waals surface area (Å²) in [6, 6.07) is 10.2. The molecule has 6 heteroatoms. The molecule has 2 heterocycles. The molecule has 1 unspecified atom stereocenters. The van der Waals surface area contributed by atoms with Crippen molar-refractivity contribution in [2.75, 3.05) is 0 Å². The van der Waals surface area contributed by atoms with Crippen LogP contribution in [0.2, 0.25) is 0 Å². The maximum Gasteiger partial charge on any atom is 0.147 e. The number of ketones is 1.